The Labute approximate surface area is 189 Å². The molecule has 0 fully saturated rings. The van der Waals surface area contributed by atoms with Gasteiger partial charge in [0.15, 0.2) is 0 Å². The molecule has 3 N–H and O–H groups in total. The monoisotopic (exact) mass is 431 g/mol. The van der Waals surface area contributed by atoms with Gasteiger partial charge in [-0.3, -0.25) is 9.59 Å². The van der Waals surface area contributed by atoms with Gasteiger partial charge in [-0.25, -0.2) is 0 Å². The van der Waals surface area contributed by atoms with Crippen LogP contribution in [-0.2, 0) is 16.2 Å². The zero-order chi connectivity index (χ0) is 22.8. The molecule has 166 valence electrons. The van der Waals surface area contributed by atoms with E-state index in [2.05, 4.69) is 16.0 Å². The molecule has 0 radical (unpaired) electrons. The summed E-state index contributed by atoms with van der Waals surface area (Å²) in [6, 6.07) is 24.5. The second-order valence-corrected chi connectivity index (χ2v) is 7.93. The fourth-order valence-corrected chi connectivity index (χ4v) is 3.04. The van der Waals surface area contributed by atoms with Crippen molar-refractivity contribution in [1.82, 2.24) is 0 Å². The quantitative estimate of drug-likeness (QED) is 0.407. The van der Waals surface area contributed by atoms with Crippen molar-refractivity contribution in [2.45, 2.75) is 26.9 Å². The van der Waals surface area contributed by atoms with Gasteiger partial charge in [0.25, 0.3) is 0 Å². The highest BCUT2D eigenvalue weighted by atomic mass is 16.5. The number of ether oxygens (including phenoxy) is 1. The van der Waals surface area contributed by atoms with E-state index in [1.165, 1.54) is 0 Å². The van der Waals surface area contributed by atoms with Gasteiger partial charge in [0.2, 0.25) is 11.8 Å². The number of nitrogens with one attached hydrogen (secondary N) is 3. The van der Waals surface area contributed by atoms with Crippen LogP contribution >= 0.6 is 0 Å². The van der Waals surface area contributed by atoms with Gasteiger partial charge in [-0.05, 0) is 47.9 Å². The molecule has 0 aliphatic rings. The van der Waals surface area contributed by atoms with Crippen LogP contribution in [0.3, 0.4) is 0 Å². The number of hydrogen-bond donors (Lipinski definition) is 3. The topological polar surface area (TPSA) is 79.5 Å². The van der Waals surface area contributed by atoms with Crippen molar-refractivity contribution >= 4 is 28.9 Å². The highest BCUT2D eigenvalue weighted by Gasteiger charge is 2.07. The van der Waals surface area contributed by atoms with Crippen molar-refractivity contribution in [2.75, 3.05) is 22.5 Å². The average molecular weight is 432 g/mol. The van der Waals surface area contributed by atoms with E-state index in [1.807, 2.05) is 68.4 Å². The first-order chi connectivity index (χ1) is 15.5. The van der Waals surface area contributed by atoms with Crippen LogP contribution < -0.4 is 20.7 Å². The van der Waals surface area contributed by atoms with E-state index in [0.29, 0.717) is 30.3 Å². The molecule has 0 aromatic heterocycles. The zero-order valence-corrected chi connectivity index (χ0v) is 18.4. The van der Waals surface area contributed by atoms with Gasteiger partial charge in [0.1, 0.15) is 12.4 Å². The second-order valence-electron chi connectivity index (χ2n) is 7.93. The third-order valence-electron chi connectivity index (χ3n) is 4.58. The first-order valence-electron chi connectivity index (χ1n) is 10.7. The van der Waals surface area contributed by atoms with Crippen molar-refractivity contribution < 1.29 is 14.3 Å². The number of benzene rings is 3. The van der Waals surface area contributed by atoms with E-state index in [4.69, 9.17) is 4.74 Å². The van der Waals surface area contributed by atoms with Crippen LogP contribution in [0.1, 0.15) is 25.8 Å². The van der Waals surface area contributed by atoms with Gasteiger partial charge in [0, 0.05) is 29.5 Å². The molecule has 6 nitrogen and oxygen atoms in total. The van der Waals surface area contributed by atoms with Crippen LogP contribution in [0.4, 0.5) is 17.1 Å². The number of rotatable bonds is 10. The Morgan fingerprint density at radius 2 is 1.44 bits per heavy atom. The van der Waals surface area contributed by atoms with Gasteiger partial charge < -0.3 is 20.7 Å². The third kappa shape index (κ3) is 7.80. The van der Waals surface area contributed by atoms with Gasteiger partial charge in [-0.15, -0.1) is 0 Å². The summed E-state index contributed by atoms with van der Waals surface area (Å²) in [7, 11) is 0. The first kappa shape index (κ1) is 22.9. The molecule has 0 unspecified atom stereocenters. The van der Waals surface area contributed by atoms with E-state index >= 15 is 0 Å². The summed E-state index contributed by atoms with van der Waals surface area (Å²) in [6.45, 7) is 4.61. The lowest BCUT2D eigenvalue weighted by Crippen LogP contribution is -2.21. The van der Waals surface area contributed by atoms with Crippen molar-refractivity contribution in [3.8, 4) is 5.75 Å². The van der Waals surface area contributed by atoms with Crippen LogP contribution in [0.25, 0.3) is 0 Å². The Bertz CT molecular complexity index is 1020. The zero-order valence-electron chi connectivity index (χ0n) is 18.4. The number of carbonyl (C=O) groups excluding carboxylic acids is 2. The molecule has 0 bridgehead atoms. The van der Waals surface area contributed by atoms with Gasteiger partial charge in [-0.1, -0.05) is 50.2 Å². The summed E-state index contributed by atoms with van der Waals surface area (Å²) in [5.41, 5.74) is 3.27. The molecule has 3 aromatic rings. The fraction of sp³-hybridized carbons (Fsp3) is 0.231. The molecule has 0 atom stereocenters. The van der Waals surface area contributed by atoms with E-state index in [9.17, 15) is 9.59 Å². The normalized spacial score (nSPS) is 10.5. The number of carbonyl (C=O) groups is 2. The number of amides is 2. The van der Waals surface area contributed by atoms with Crippen LogP contribution in [0, 0.1) is 5.92 Å². The Hall–Kier alpha value is -3.80. The van der Waals surface area contributed by atoms with E-state index in [0.717, 1.165) is 17.0 Å². The largest absolute Gasteiger partial charge is 0.489 e. The molecule has 3 rings (SSSR count). The smallest absolute Gasteiger partial charge is 0.243 e. The summed E-state index contributed by atoms with van der Waals surface area (Å²) >= 11 is 0. The minimum atomic E-state index is -0.169. The molecule has 6 heteroatoms. The number of anilines is 3. The Kier molecular flexibility index (Phi) is 8.26. The third-order valence-corrected chi connectivity index (χ3v) is 4.58. The summed E-state index contributed by atoms with van der Waals surface area (Å²) < 4.78 is 5.82. The average Bonchev–Trinajstić information content (AvgIpc) is 2.78. The molecule has 2 amide bonds. The lowest BCUT2D eigenvalue weighted by atomic mass is 10.1. The molecule has 32 heavy (non-hydrogen) atoms. The molecule has 0 saturated heterocycles. The molecular weight excluding hydrogens is 402 g/mol. The first-order valence-corrected chi connectivity index (χ1v) is 10.7. The molecule has 3 aromatic carbocycles. The minimum Gasteiger partial charge on any atom is -0.489 e. The predicted molar refractivity (Wildman–Crippen MR) is 129 cm³/mol. The molecule has 0 aliphatic heterocycles. The van der Waals surface area contributed by atoms with Crippen LogP contribution in [0.5, 0.6) is 5.75 Å². The van der Waals surface area contributed by atoms with Gasteiger partial charge in [-0.2, -0.15) is 0 Å². The lowest BCUT2D eigenvalue weighted by Gasteiger charge is -2.11. The molecular formula is C26H29N3O3. The van der Waals surface area contributed by atoms with Crippen molar-refractivity contribution in [2.24, 2.45) is 5.92 Å². The maximum atomic E-state index is 12.3. The number of hydrogen-bond acceptors (Lipinski definition) is 4. The molecule has 0 saturated carbocycles. The highest BCUT2D eigenvalue weighted by molar-refractivity contribution is 5.94. The van der Waals surface area contributed by atoms with Crippen LogP contribution in [0.2, 0.25) is 0 Å². The second kappa shape index (κ2) is 11.6. The molecule has 0 heterocycles. The van der Waals surface area contributed by atoms with E-state index in [1.54, 1.807) is 24.3 Å². The van der Waals surface area contributed by atoms with Crippen molar-refractivity contribution in [1.29, 1.82) is 0 Å². The van der Waals surface area contributed by atoms with Crippen molar-refractivity contribution in [3.63, 3.8) is 0 Å². The predicted octanol–water partition coefficient (Wildman–Crippen LogP) is 5.30. The Morgan fingerprint density at radius 3 is 2.09 bits per heavy atom. The lowest BCUT2D eigenvalue weighted by molar-refractivity contribution is -0.117. The van der Waals surface area contributed by atoms with E-state index in [-0.39, 0.29) is 18.4 Å². The molecule has 0 aliphatic carbocycles. The summed E-state index contributed by atoms with van der Waals surface area (Å²) in [5, 5.41) is 8.80. The Morgan fingerprint density at radius 1 is 0.781 bits per heavy atom. The minimum absolute atomic E-state index is 0.0176. The maximum absolute atomic E-state index is 12.3. The van der Waals surface area contributed by atoms with Crippen LogP contribution in [0.15, 0.2) is 78.9 Å². The van der Waals surface area contributed by atoms with Gasteiger partial charge >= 0.3 is 0 Å². The highest BCUT2D eigenvalue weighted by Crippen LogP contribution is 2.19. The van der Waals surface area contributed by atoms with Crippen molar-refractivity contribution in [3.05, 3.63) is 84.4 Å². The summed E-state index contributed by atoms with van der Waals surface area (Å²) in [5.74, 6) is 0.847. The summed E-state index contributed by atoms with van der Waals surface area (Å²) in [4.78, 5) is 24.1. The fourth-order valence-electron chi connectivity index (χ4n) is 3.04. The van der Waals surface area contributed by atoms with Gasteiger partial charge in [0.05, 0.1) is 6.54 Å². The summed E-state index contributed by atoms with van der Waals surface area (Å²) in [6.07, 6.45) is 0.475. The molecule has 0 spiro atoms. The maximum Gasteiger partial charge on any atom is 0.243 e. The standard InChI is InChI=1S/C26H29N3O3/c1-19(2)15-25(30)28-21-11-13-22(14-12-21)29-26(31)17-27-23-9-6-10-24(16-23)32-18-20-7-4-3-5-8-20/h3-14,16,19,27H,15,17-18H2,1-2H3,(H,28,30)(H,29,31). The Balaban J connectivity index is 1.45. The SMILES string of the molecule is CC(C)CC(=O)Nc1ccc(NC(=O)CNc2cccc(OCc3ccccc3)c2)cc1. The van der Waals surface area contributed by atoms with E-state index < -0.39 is 0 Å². The van der Waals surface area contributed by atoms with Crippen LogP contribution in [-0.4, -0.2) is 18.4 Å².